The van der Waals surface area contributed by atoms with E-state index in [1.54, 1.807) is 42.5 Å². The summed E-state index contributed by atoms with van der Waals surface area (Å²) in [5, 5.41) is 21.7. The van der Waals surface area contributed by atoms with Gasteiger partial charge in [0.05, 0.1) is 23.3 Å². The lowest BCUT2D eigenvalue weighted by atomic mass is 10.1. The third-order valence-corrected chi connectivity index (χ3v) is 4.34. The summed E-state index contributed by atoms with van der Waals surface area (Å²) in [6.07, 6.45) is 2.59. The molecule has 0 aliphatic carbocycles. The minimum absolute atomic E-state index is 0.0116. The van der Waals surface area contributed by atoms with Crippen molar-refractivity contribution in [3.8, 4) is 17.3 Å². The maximum Gasteiger partial charge on any atom is 0.277 e. The summed E-state index contributed by atoms with van der Waals surface area (Å²) in [5.41, 5.74) is 2.74. The third kappa shape index (κ3) is 4.16. The minimum atomic E-state index is -0.610. The second-order valence-corrected chi connectivity index (χ2v) is 6.19. The van der Waals surface area contributed by atoms with E-state index in [1.807, 2.05) is 0 Å². The molecule has 0 amide bonds. The van der Waals surface area contributed by atoms with Gasteiger partial charge in [-0.05, 0) is 54.7 Å². The van der Waals surface area contributed by atoms with Gasteiger partial charge in [-0.2, -0.15) is 0 Å². The number of rotatable bonds is 5. The zero-order valence-corrected chi connectivity index (χ0v) is 16.0. The molecule has 3 aromatic rings. The van der Waals surface area contributed by atoms with E-state index in [9.17, 15) is 20.0 Å². The summed E-state index contributed by atoms with van der Waals surface area (Å²) >= 11 is 5.16. The van der Waals surface area contributed by atoms with E-state index in [0.717, 1.165) is 0 Å². The molecule has 1 heterocycles. The van der Waals surface area contributed by atoms with Gasteiger partial charge in [0.15, 0.2) is 4.77 Å². The van der Waals surface area contributed by atoms with E-state index in [2.05, 4.69) is 10.7 Å². The van der Waals surface area contributed by atoms with Crippen LogP contribution in [-0.4, -0.2) is 26.7 Å². The molecule has 0 saturated carbocycles. The number of nitro benzene ring substituents is 1. The zero-order chi connectivity index (χ0) is 21.0. The molecule has 0 unspecified atom stereocenters. The smallest absolute Gasteiger partial charge is 0.277 e. The lowest BCUT2D eigenvalue weighted by molar-refractivity contribution is -0.385. The van der Waals surface area contributed by atoms with Crippen molar-refractivity contribution in [2.45, 2.75) is 0 Å². The number of aromatic nitrogens is 2. The fourth-order valence-corrected chi connectivity index (χ4v) is 2.91. The van der Waals surface area contributed by atoms with Crippen molar-refractivity contribution in [1.82, 2.24) is 9.55 Å². The number of methoxy groups -OCH3 is 1. The van der Waals surface area contributed by atoms with Gasteiger partial charge < -0.3 is 9.84 Å². The van der Waals surface area contributed by atoms with Crippen LogP contribution in [0.5, 0.6) is 11.6 Å². The number of aromatic hydroxyl groups is 1. The van der Waals surface area contributed by atoms with Crippen molar-refractivity contribution < 1.29 is 14.8 Å². The molecule has 0 bridgehead atoms. The molecular formula is C20H15N3O5S. The molecule has 0 aliphatic rings. The molecule has 2 aromatic carbocycles. The van der Waals surface area contributed by atoms with Crippen molar-refractivity contribution in [3.05, 3.63) is 90.6 Å². The largest absolute Gasteiger partial charge is 0.497 e. The molecule has 29 heavy (non-hydrogen) atoms. The number of nitro groups is 1. The van der Waals surface area contributed by atoms with Gasteiger partial charge in [-0.3, -0.25) is 24.5 Å². The van der Waals surface area contributed by atoms with Crippen LogP contribution in [0, 0.1) is 14.9 Å². The normalized spacial score (nSPS) is 10.1. The first-order valence-electron chi connectivity index (χ1n) is 8.31. The Bertz CT molecular complexity index is 1250. The van der Waals surface area contributed by atoms with E-state index >= 15 is 0 Å². The summed E-state index contributed by atoms with van der Waals surface area (Å²) in [7, 11) is 1.53. The van der Waals surface area contributed by atoms with Crippen molar-refractivity contribution in [2.75, 3.05) is 7.11 Å². The van der Waals surface area contributed by atoms with E-state index in [-0.39, 0.29) is 21.9 Å². The molecule has 1 aromatic heterocycles. The molecule has 0 atom stereocenters. The van der Waals surface area contributed by atoms with E-state index in [0.29, 0.717) is 17.0 Å². The van der Waals surface area contributed by atoms with Gasteiger partial charge >= 0.3 is 0 Å². The Kier molecular flexibility index (Phi) is 5.73. The molecule has 2 N–H and O–H groups in total. The fourth-order valence-electron chi connectivity index (χ4n) is 2.63. The number of hydrogen-bond donors (Lipinski definition) is 2. The van der Waals surface area contributed by atoms with Crippen LogP contribution in [0.4, 0.5) is 5.69 Å². The number of hydrogen-bond acceptors (Lipinski definition) is 6. The summed E-state index contributed by atoms with van der Waals surface area (Å²) < 4.78 is 6.40. The monoisotopic (exact) mass is 409 g/mol. The van der Waals surface area contributed by atoms with Crippen LogP contribution >= 0.6 is 12.2 Å². The summed E-state index contributed by atoms with van der Waals surface area (Å²) in [6, 6.07) is 12.8. The highest BCUT2D eigenvalue weighted by Gasteiger charge is 2.12. The summed E-state index contributed by atoms with van der Waals surface area (Å²) in [4.78, 5) is 25.3. The molecule has 146 valence electrons. The Hall–Kier alpha value is -3.94. The number of H-pyrrole nitrogens is 1. The van der Waals surface area contributed by atoms with Crippen LogP contribution in [0.15, 0.2) is 59.1 Å². The number of nitrogens with one attached hydrogen (secondary N) is 1. The first-order valence-corrected chi connectivity index (χ1v) is 8.72. The van der Waals surface area contributed by atoms with Gasteiger partial charge in [0.25, 0.3) is 11.2 Å². The SMILES string of the molecule is COc1ccc(-n2c(O)c(C=C=Cc3ccccc3[N+](=O)[O-])c(=O)[nH]c2=S)cc1. The number of aromatic amines is 1. The highest BCUT2D eigenvalue weighted by Crippen LogP contribution is 2.23. The van der Waals surface area contributed by atoms with Crippen LogP contribution < -0.4 is 10.3 Å². The Morgan fingerprint density at radius 1 is 1.21 bits per heavy atom. The van der Waals surface area contributed by atoms with Crippen LogP contribution in [-0.2, 0) is 0 Å². The van der Waals surface area contributed by atoms with Crippen LogP contribution in [0.3, 0.4) is 0 Å². The Morgan fingerprint density at radius 3 is 2.55 bits per heavy atom. The van der Waals surface area contributed by atoms with Crippen molar-refractivity contribution >= 4 is 30.1 Å². The fraction of sp³-hybridized carbons (Fsp3) is 0.0500. The molecule has 0 spiro atoms. The Balaban J connectivity index is 2.09. The van der Waals surface area contributed by atoms with Crippen LogP contribution in [0.25, 0.3) is 17.8 Å². The lowest BCUT2D eigenvalue weighted by Gasteiger charge is -2.11. The van der Waals surface area contributed by atoms with Crippen molar-refractivity contribution in [1.29, 1.82) is 0 Å². The molecule has 9 heteroatoms. The van der Waals surface area contributed by atoms with E-state index < -0.39 is 10.5 Å². The van der Waals surface area contributed by atoms with Crippen molar-refractivity contribution in [2.24, 2.45) is 0 Å². The molecule has 0 saturated heterocycles. The number of nitrogens with zero attached hydrogens (tertiary/aromatic N) is 2. The second-order valence-electron chi connectivity index (χ2n) is 5.80. The molecular weight excluding hydrogens is 394 g/mol. The zero-order valence-electron chi connectivity index (χ0n) is 15.2. The minimum Gasteiger partial charge on any atom is -0.497 e. The highest BCUT2D eigenvalue weighted by atomic mass is 32.1. The molecule has 0 radical (unpaired) electrons. The highest BCUT2D eigenvalue weighted by molar-refractivity contribution is 7.71. The Morgan fingerprint density at radius 2 is 1.90 bits per heavy atom. The summed E-state index contributed by atoms with van der Waals surface area (Å²) in [6.45, 7) is 0. The molecule has 3 rings (SSSR count). The maximum absolute atomic E-state index is 12.3. The van der Waals surface area contributed by atoms with Gasteiger partial charge in [-0.1, -0.05) is 12.1 Å². The quantitative estimate of drug-likeness (QED) is 0.287. The Labute approximate surface area is 169 Å². The first kappa shape index (κ1) is 19.8. The summed E-state index contributed by atoms with van der Waals surface area (Å²) in [5.74, 6) is 0.240. The topological polar surface area (TPSA) is 110 Å². The number of ether oxygens (including phenoxy) is 1. The second kappa shape index (κ2) is 8.39. The van der Waals surface area contributed by atoms with Crippen LogP contribution in [0.2, 0.25) is 0 Å². The molecule has 8 nitrogen and oxygen atoms in total. The van der Waals surface area contributed by atoms with Gasteiger partial charge in [0, 0.05) is 6.07 Å². The molecule has 0 aliphatic heterocycles. The standard InChI is InChI=1S/C20H15N3O5S/c1-28-15-11-9-14(10-12-15)22-19(25)16(18(24)21-20(22)29)7-4-6-13-5-2-3-8-17(13)23(26)27/h2-3,5-12,25H,1H3,(H,21,24,29). The maximum atomic E-state index is 12.3. The lowest BCUT2D eigenvalue weighted by Crippen LogP contribution is -2.15. The average Bonchev–Trinajstić information content (AvgIpc) is 2.71. The number of benzene rings is 2. The van der Waals surface area contributed by atoms with Gasteiger partial charge in [0.2, 0.25) is 5.88 Å². The molecule has 0 fully saturated rings. The average molecular weight is 409 g/mol. The number of para-hydroxylation sites is 1. The van der Waals surface area contributed by atoms with Crippen molar-refractivity contribution in [3.63, 3.8) is 0 Å². The first-order chi connectivity index (χ1) is 13.9. The predicted molar refractivity (Wildman–Crippen MR) is 111 cm³/mol. The van der Waals surface area contributed by atoms with Crippen LogP contribution in [0.1, 0.15) is 11.1 Å². The van der Waals surface area contributed by atoms with E-state index in [4.69, 9.17) is 17.0 Å². The third-order valence-electron chi connectivity index (χ3n) is 4.05. The van der Waals surface area contributed by atoms with Gasteiger partial charge in [-0.15, -0.1) is 5.73 Å². The van der Waals surface area contributed by atoms with E-state index in [1.165, 1.54) is 29.9 Å². The van der Waals surface area contributed by atoms with Gasteiger partial charge in [0.1, 0.15) is 11.3 Å². The van der Waals surface area contributed by atoms with Gasteiger partial charge in [-0.25, -0.2) is 0 Å². The predicted octanol–water partition coefficient (Wildman–Crippen LogP) is 3.84.